The van der Waals surface area contributed by atoms with Crippen LogP contribution >= 0.6 is 0 Å². The maximum atomic E-state index is 12.9. The van der Waals surface area contributed by atoms with Crippen LogP contribution in [-0.4, -0.2) is 87.4 Å². The van der Waals surface area contributed by atoms with E-state index in [2.05, 4.69) is 38.2 Å². The summed E-state index contributed by atoms with van der Waals surface area (Å²) >= 11 is 0. The standard InChI is InChI=1S/C62H117NO8/c1-6-8-10-12-14-16-18-20-22-23-24-25-26-27-28-29-30-31-32-33-34-35-36-37-39-41-43-45-47-49-51-53-60(65)71-58(57-70-62(61(66)67)68-55-54-63(3,4)5)56-69-59(64)52-50-48-46-44-42-40-38-21-19-17-15-13-11-9-7-2/h21,23-24,38,58,62H,6-20,22,25-37,39-57H2,1-5H3/p+1/b24-23-,38-21-. The highest BCUT2D eigenvalue weighted by molar-refractivity contribution is 5.71. The summed E-state index contributed by atoms with van der Waals surface area (Å²) < 4.78 is 22.9. The highest BCUT2D eigenvalue weighted by Crippen LogP contribution is 2.17. The molecule has 0 aromatic carbocycles. The molecule has 0 spiro atoms. The lowest BCUT2D eigenvalue weighted by atomic mass is 10.0. The Kier molecular flexibility index (Phi) is 52.3. The number of hydrogen-bond donors (Lipinski definition) is 1. The molecular weight excluding hydrogens is 887 g/mol. The molecule has 0 amide bonds. The zero-order valence-corrected chi connectivity index (χ0v) is 47.7. The number of nitrogens with zero attached hydrogens (tertiary/aromatic N) is 1. The highest BCUT2D eigenvalue weighted by atomic mass is 16.7. The first-order valence-corrected chi connectivity index (χ1v) is 30.5. The van der Waals surface area contributed by atoms with Gasteiger partial charge in [0.2, 0.25) is 0 Å². The molecule has 0 aliphatic rings. The third-order valence-electron chi connectivity index (χ3n) is 13.7. The number of allylic oxidation sites excluding steroid dienone is 4. The normalized spacial score (nSPS) is 12.9. The van der Waals surface area contributed by atoms with Gasteiger partial charge >= 0.3 is 17.9 Å². The third kappa shape index (κ3) is 55.4. The van der Waals surface area contributed by atoms with E-state index in [4.69, 9.17) is 18.9 Å². The van der Waals surface area contributed by atoms with Crippen LogP contribution in [0.1, 0.15) is 296 Å². The Morgan fingerprint density at radius 1 is 0.408 bits per heavy atom. The number of carbonyl (C=O) groups is 3. The average molecular weight is 1010 g/mol. The van der Waals surface area contributed by atoms with Crippen LogP contribution in [0.25, 0.3) is 0 Å². The number of carboxylic acid groups (broad SMARTS) is 1. The molecule has 0 aliphatic carbocycles. The second-order valence-corrected chi connectivity index (χ2v) is 22.0. The van der Waals surface area contributed by atoms with Crippen molar-refractivity contribution in [2.45, 2.75) is 309 Å². The first-order valence-electron chi connectivity index (χ1n) is 30.5. The van der Waals surface area contributed by atoms with Crippen LogP contribution in [0, 0.1) is 0 Å². The van der Waals surface area contributed by atoms with Gasteiger partial charge in [-0.2, -0.15) is 0 Å². The van der Waals surface area contributed by atoms with Crippen LogP contribution in [0.2, 0.25) is 0 Å². The van der Waals surface area contributed by atoms with Crippen molar-refractivity contribution in [3.05, 3.63) is 24.3 Å². The van der Waals surface area contributed by atoms with E-state index < -0.39 is 24.3 Å². The number of likely N-dealkylation sites (N-methyl/N-ethyl adjacent to an activating group) is 1. The van der Waals surface area contributed by atoms with Crippen molar-refractivity contribution < 1.29 is 42.9 Å². The number of carbonyl (C=O) groups excluding carboxylic acids is 2. The topological polar surface area (TPSA) is 108 Å². The molecule has 9 heteroatoms. The van der Waals surface area contributed by atoms with Gasteiger partial charge in [-0.3, -0.25) is 9.59 Å². The largest absolute Gasteiger partial charge is 0.477 e. The molecule has 0 heterocycles. The van der Waals surface area contributed by atoms with Crippen LogP contribution in [0.5, 0.6) is 0 Å². The Balaban J connectivity index is 4.08. The van der Waals surface area contributed by atoms with Crippen molar-refractivity contribution in [3.63, 3.8) is 0 Å². The van der Waals surface area contributed by atoms with Gasteiger partial charge in [0.25, 0.3) is 6.29 Å². The maximum absolute atomic E-state index is 12.9. The minimum Gasteiger partial charge on any atom is -0.477 e. The Morgan fingerprint density at radius 2 is 0.718 bits per heavy atom. The summed E-state index contributed by atoms with van der Waals surface area (Å²) in [4.78, 5) is 37.4. The fourth-order valence-corrected chi connectivity index (χ4v) is 8.95. The molecule has 2 atom stereocenters. The molecule has 0 aromatic heterocycles. The van der Waals surface area contributed by atoms with Crippen molar-refractivity contribution in [3.8, 4) is 0 Å². The summed E-state index contributed by atoms with van der Waals surface area (Å²) in [6.45, 7) is 4.90. The summed E-state index contributed by atoms with van der Waals surface area (Å²) in [7, 11) is 5.97. The first kappa shape index (κ1) is 68.8. The molecule has 0 saturated carbocycles. The van der Waals surface area contributed by atoms with Gasteiger partial charge in [-0.1, -0.05) is 244 Å². The van der Waals surface area contributed by atoms with E-state index in [1.807, 2.05) is 21.1 Å². The monoisotopic (exact) mass is 1000 g/mol. The number of esters is 2. The number of hydrogen-bond acceptors (Lipinski definition) is 7. The van der Waals surface area contributed by atoms with Crippen molar-refractivity contribution in [2.75, 3.05) is 47.5 Å². The predicted molar refractivity (Wildman–Crippen MR) is 300 cm³/mol. The van der Waals surface area contributed by atoms with E-state index in [1.54, 1.807) is 0 Å². The molecule has 0 saturated heterocycles. The number of aliphatic carboxylic acids is 1. The van der Waals surface area contributed by atoms with Gasteiger partial charge in [-0.15, -0.1) is 0 Å². The predicted octanol–water partition coefficient (Wildman–Crippen LogP) is 17.9. The van der Waals surface area contributed by atoms with E-state index in [-0.39, 0.29) is 32.2 Å². The zero-order valence-electron chi connectivity index (χ0n) is 47.7. The summed E-state index contributed by atoms with van der Waals surface area (Å²) in [6, 6.07) is 0. The van der Waals surface area contributed by atoms with Crippen LogP contribution in [0.3, 0.4) is 0 Å². The number of rotatable bonds is 57. The molecular formula is C62H118NO8+. The maximum Gasteiger partial charge on any atom is 0.361 e. The molecule has 0 rings (SSSR count). The van der Waals surface area contributed by atoms with Crippen LogP contribution in [-0.2, 0) is 33.3 Å². The van der Waals surface area contributed by atoms with E-state index >= 15 is 0 Å². The lowest BCUT2D eigenvalue weighted by Crippen LogP contribution is -2.40. The zero-order chi connectivity index (χ0) is 52.0. The highest BCUT2D eigenvalue weighted by Gasteiger charge is 2.25. The van der Waals surface area contributed by atoms with E-state index in [0.717, 1.165) is 51.4 Å². The van der Waals surface area contributed by atoms with Gasteiger partial charge < -0.3 is 28.5 Å². The van der Waals surface area contributed by atoms with E-state index in [0.29, 0.717) is 17.4 Å². The van der Waals surface area contributed by atoms with Gasteiger partial charge in [-0.25, -0.2) is 4.79 Å². The molecule has 418 valence electrons. The molecule has 0 bridgehead atoms. The van der Waals surface area contributed by atoms with E-state index in [1.165, 1.54) is 218 Å². The van der Waals surface area contributed by atoms with Crippen LogP contribution in [0.15, 0.2) is 24.3 Å². The smallest absolute Gasteiger partial charge is 0.361 e. The van der Waals surface area contributed by atoms with Gasteiger partial charge in [-0.05, 0) is 64.2 Å². The fourth-order valence-electron chi connectivity index (χ4n) is 8.95. The average Bonchev–Trinajstić information content (AvgIpc) is 3.34. The number of ether oxygens (including phenoxy) is 4. The van der Waals surface area contributed by atoms with E-state index in [9.17, 15) is 19.5 Å². The molecule has 0 radical (unpaired) electrons. The quantitative estimate of drug-likeness (QED) is 0.0211. The fraction of sp³-hybridized carbons (Fsp3) is 0.887. The lowest BCUT2D eigenvalue weighted by molar-refractivity contribution is -0.870. The minimum absolute atomic E-state index is 0.181. The van der Waals surface area contributed by atoms with Gasteiger partial charge in [0.05, 0.1) is 34.4 Å². The Labute approximate surface area is 439 Å². The molecule has 0 fully saturated rings. The second kappa shape index (κ2) is 54.0. The van der Waals surface area contributed by atoms with Crippen molar-refractivity contribution >= 4 is 17.9 Å². The molecule has 0 aromatic rings. The van der Waals surface area contributed by atoms with Gasteiger partial charge in [0.15, 0.2) is 6.10 Å². The SMILES string of the molecule is CCCCCCCC/C=C\CCCCCCCC(=O)OCC(COC(OCC[N+](C)(C)C)C(=O)O)OC(=O)CCCCCCCCCCCCCCCCCCCCC/C=C\CCCCCCCCCC. The van der Waals surface area contributed by atoms with Crippen molar-refractivity contribution in [2.24, 2.45) is 0 Å². The molecule has 1 N–H and O–H groups in total. The molecule has 0 aliphatic heterocycles. The summed E-state index contributed by atoms with van der Waals surface area (Å²) in [5.41, 5.74) is 0. The first-order chi connectivity index (χ1) is 34.6. The summed E-state index contributed by atoms with van der Waals surface area (Å²) in [5.74, 6) is -2.00. The second-order valence-electron chi connectivity index (χ2n) is 22.0. The van der Waals surface area contributed by atoms with Crippen molar-refractivity contribution in [1.82, 2.24) is 0 Å². The lowest BCUT2D eigenvalue weighted by Gasteiger charge is -2.25. The Bertz CT molecular complexity index is 1210. The Hall–Kier alpha value is -2.23. The molecule has 71 heavy (non-hydrogen) atoms. The minimum atomic E-state index is -1.51. The van der Waals surface area contributed by atoms with Gasteiger partial charge in [0.1, 0.15) is 13.2 Å². The number of unbranched alkanes of at least 4 members (excludes halogenated alkanes) is 38. The van der Waals surface area contributed by atoms with Crippen LogP contribution in [0.4, 0.5) is 0 Å². The molecule has 2 unspecified atom stereocenters. The van der Waals surface area contributed by atoms with Crippen LogP contribution < -0.4 is 0 Å². The summed E-state index contributed by atoms with van der Waals surface area (Å²) in [5, 5.41) is 9.70. The van der Waals surface area contributed by atoms with Crippen molar-refractivity contribution in [1.29, 1.82) is 0 Å². The third-order valence-corrected chi connectivity index (χ3v) is 13.7. The number of quaternary nitrogens is 1. The summed E-state index contributed by atoms with van der Waals surface area (Å²) in [6.07, 6.45) is 61.3. The Morgan fingerprint density at radius 3 is 1.04 bits per heavy atom. The van der Waals surface area contributed by atoms with Gasteiger partial charge in [0, 0.05) is 12.8 Å². The number of carboxylic acids is 1. The molecule has 9 nitrogen and oxygen atoms in total.